The van der Waals surface area contributed by atoms with Crippen molar-refractivity contribution in [3.63, 3.8) is 0 Å². The number of nitrogens with one attached hydrogen (secondary N) is 1. The van der Waals surface area contributed by atoms with Crippen molar-refractivity contribution in [1.82, 2.24) is 5.32 Å². The van der Waals surface area contributed by atoms with Gasteiger partial charge in [-0.05, 0) is 62.6 Å². The molecule has 0 spiro atoms. The molecule has 1 aromatic rings. The quantitative estimate of drug-likeness (QED) is 0.839. The van der Waals surface area contributed by atoms with E-state index in [9.17, 15) is 0 Å². The zero-order valence-electron chi connectivity index (χ0n) is 11.6. The smallest absolute Gasteiger partial charge is 0.0575 e. The van der Waals surface area contributed by atoms with Crippen LogP contribution in [0.2, 0.25) is 0 Å². The molecule has 2 heterocycles. The van der Waals surface area contributed by atoms with Crippen LogP contribution in [-0.4, -0.2) is 19.3 Å². The lowest BCUT2D eigenvalue weighted by Crippen LogP contribution is -2.24. The molecule has 0 amide bonds. The zero-order valence-corrected chi connectivity index (χ0v) is 12.4. The molecular formula is C15H25NOS. The van der Waals surface area contributed by atoms with Crippen LogP contribution in [0, 0.1) is 6.92 Å². The Morgan fingerprint density at radius 1 is 1.50 bits per heavy atom. The third-order valence-electron chi connectivity index (χ3n) is 3.72. The van der Waals surface area contributed by atoms with Gasteiger partial charge in [0.2, 0.25) is 0 Å². The lowest BCUT2D eigenvalue weighted by atomic mass is 10.00. The molecule has 18 heavy (non-hydrogen) atoms. The van der Waals surface area contributed by atoms with E-state index in [0.29, 0.717) is 12.1 Å². The fourth-order valence-corrected chi connectivity index (χ4v) is 3.74. The van der Waals surface area contributed by atoms with Gasteiger partial charge in [-0.1, -0.05) is 6.92 Å². The molecule has 1 aliphatic heterocycles. The van der Waals surface area contributed by atoms with Gasteiger partial charge in [0, 0.05) is 17.5 Å². The summed E-state index contributed by atoms with van der Waals surface area (Å²) in [6.45, 7) is 6.41. The highest BCUT2D eigenvalue weighted by atomic mass is 32.1. The molecule has 3 heteroatoms. The van der Waals surface area contributed by atoms with Crippen molar-refractivity contribution in [2.24, 2.45) is 0 Å². The molecule has 0 radical (unpaired) electrons. The first-order valence-electron chi connectivity index (χ1n) is 7.20. The van der Waals surface area contributed by atoms with Crippen LogP contribution < -0.4 is 5.32 Å². The summed E-state index contributed by atoms with van der Waals surface area (Å²) in [7, 11) is 0. The monoisotopic (exact) mass is 267 g/mol. The maximum absolute atomic E-state index is 5.83. The van der Waals surface area contributed by atoms with Gasteiger partial charge >= 0.3 is 0 Å². The molecule has 0 aromatic carbocycles. The number of thiophene rings is 1. The van der Waals surface area contributed by atoms with Gasteiger partial charge in [-0.2, -0.15) is 0 Å². The fraction of sp³-hybridized carbons (Fsp3) is 0.733. The van der Waals surface area contributed by atoms with E-state index in [1.54, 1.807) is 0 Å². The lowest BCUT2D eigenvalue weighted by molar-refractivity contribution is 0.00861. The molecule has 0 aliphatic carbocycles. The number of ether oxygens (including phenoxy) is 1. The van der Waals surface area contributed by atoms with E-state index >= 15 is 0 Å². The van der Waals surface area contributed by atoms with E-state index in [1.807, 2.05) is 11.3 Å². The number of hydrogen-bond acceptors (Lipinski definition) is 3. The van der Waals surface area contributed by atoms with E-state index in [0.717, 1.165) is 13.2 Å². The highest BCUT2D eigenvalue weighted by Gasteiger charge is 2.19. The van der Waals surface area contributed by atoms with Crippen LogP contribution in [0.1, 0.15) is 55.5 Å². The minimum absolute atomic E-state index is 0.500. The van der Waals surface area contributed by atoms with Crippen LogP contribution >= 0.6 is 11.3 Å². The predicted octanol–water partition coefficient (Wildman–Crippen LogP) is 4.06. The van der Waals surface area contributed by atoms with Crippen LogP contribution in [-0.2, 0) is 4.74 Å². The average Bonchev–Trinajstić information content (AvgIpc) is 2.82. The summed E-state index contributed by atoms with van der Waals surface area (Å²) in [5, 5.41) is 5.82. The highest BCUT2D eigenvalue weighted by molar-refractivity contribution is 7.10. The summed E-state index contributed by atoms with van der Waals surface area (Å²) in [6.07, 6.45) is 6.73. The van der Waals surface area contributed by atoms with Gasteiger partial charge in [0.25, 0.3) is 0 Å². The molecule has 2 atom stereocenters. The Bertz CT molecular complexity index is 344. The van der Waals surface area contributed by atoms with E-state index in [1.165, 1.54) is 42.5 Å². The van der Waals surface area contributed by atoms with Crippen molar-refractivity contribution in [2.75, 3.05) is 13.2 Å². The summed E-state index contributed by atoms with van der Waals surface area (Å²) in [4.78, 5) is 1.51. The minimum Gasteiger partial charge on any atom is -0.378 e. The topological polar surface area (TPSA) is 21.3 Å². The maximum Gasteiger partial charge on any atom is 0.0575 e. The van der Waals surface area contributed by atoms with Crippen molar-refractivity contribution >= 4 is 11.3 Å². The average molecular weight is 267 g/mol. The Balaban J connectivity index is 1.88. The van der Waals surface area contributed by atoms with E-state index in [4.69, 9.17) is 4.74 Å². The van der Waals surface area contributed by atoms with Gasteiger partial charge < -0.3 is 10.1 Å². The van der Waals surface area contributed by atoms with Crippen molar-refractivity contribution in [3.05, 3.63) is 21.9 Å². The van der Waals surface area contributed by atoms with Gasteiger partial charge in [-0.3, -0.25) is 0 Å². The van der Waals surface area contributed by atoms with Crippen LogP contribution in [0.3, 0.4) is 0 Å². The third kappa shape index (κ3) is 3.81. The summed E-state index contributed by atoms with van der Waals surface area (Å²) in [6, 6.07) is 2.74. The SMILES string of the molecule is CCNC(CCC1CCCCO1)c1sccc1C. The molecule has 1 N–H and O–H groups in total. The van der Waals surface area contributed by atoms with Crippen molar-refractivity contribution in [1.29, 1.82) is 0 Å². The van der Waals surface area contributed by atoms with Gasteiger partial charge in [0.15, 0.2) is 0 Å². The highest BCUT2D eigenvalue weighted by Crippen LogP contribution is 2.29. The first-order chi connectivity index (χ1) is 8.81. The van der Waals surface area contributed by atoms with E-state index in [-0.39, 0.29) is 0 Å². The Labute approximate surface area is 115 Å². The number of rotatable bonds is 6. The van der Waals surface area contributed by atoms with Crippen molar-refractivity contribution < 1.29 is 4.74 Å². The van der Waals surface area contributed by atoms with Crippen molar-refractivity contribution in [2.45, 2.75) is 58.1 Å². The van der Waals surface area contributed by atoms with Gasteiger partial charge in [-0.15, -0.1) is 11.3 Å². The second-order valence-electron chi connectivity index (χ2n) is 5.14. The molecule has 1 aliphatic rings. The number of hydrogen-bond donors (Lipinski definition) is 1. The normalized spacial score (nSPS) is 22.0. The molecule has 1 fully saturated rings. The second kappa shape index (κ2) is 7.27. The Morgan fingerprint density at radius 2 is 2.39 bits per heavy atom. The number of aryl methyl sites for hydroxylation is 1. The summed E-state index contributed by atoms with van der Waals surface area (Å²) in [5.74, 6) is 0. The minimum atomic E-state index is 0.500. The third-order valence-corrected chi connectivity index (χ3v) is 4.85. The van der Waals surface area contributed by atoms with Crippen LogP contribution in [0.5, 0.6) is 0 Å². The first kappa shape index (κ1) is 14.0. The van der Waals surface area contributed by atoms with Crippen LogP contribution in [0.4, 0.5) is 0 Å². The Hall–Kier alpha value is -0.380. The zero-order chi connectivity index (χ0) is 12.8. The molecule has 0 bridgehead atoms. The van der Waals surface area contributed by atoms with E-state index < -0.39 is 0 Å². The van der Waals surface area contributed by atoms with Gasteiger partial charge in [0.1, 0.15) is 0 Å². The molecule has 2 nitrogen and oxygen atoms in total. The summed E-state index contributed by atoms with van der Waals surface area (Å²) in [5.41, 5.74) is 1.43. The van der Waals surface area contributed by atoms with Gasteiger partial charge in [-0.25, -0.2) is 0 Å². The first-order valence-corrected chi connectivity index (χ1v) is 8.08. The van der Waals surface area contributed by atoms with E-state index in [2.05, 4.69) is 30.6 Å². The van der Waals surface area contributed by atoms with Crippen LogP contribution in [0.15, 0.2) is 11.4 Å². The predicted molar refractivity (Wildman–Crippen MR) is 78.3 cm³/mol. The Morgan fingerprint density at radius 3 is 3.00 bits per heavy atom. The fourth-order valence-electron chi connectivity index (χ4n) is 2.70. The molecule has 1 saturated heterocycles. The molecule has 0 saturated carbocycles. The van der Waals surface area contributed by atoms with Crippen LogP contribution in [0.25, 0.3) is 0 Å². The van der Waals surface area contributed by atoms with Gasteiger partial charge in [0.05, 0.1) is 6.10 Å². The lowest BCUT2D eigenvalue weighted by Gasteiger charge is -2.25. The standard InChI is InChI=1S/C15H25NOS/c1-3-16-14(15-12(2)9-11-18-15)8-7-13-6-4-5-10-17-13/h9,11,13-14,16H,3-8,10H2,1-2H3. The molecule has 1 aromatic heterocycles. The maximum atomic E-state index is 5.83. The molecule has 102 valence electrons. The summed E-state index contributed by atoms with van der Waals surface area (Å²) >= 11 is 1.88. The summed E-state index contributed by atoms with van der Waals surface area (Å²) < 4.78 is 5.83. The largest absolute Gasteiger partial charge is 0.378 e. The van der Waals surface area contributed by atoms with Crippen molar-refractivity contribution in [3.8, 4) is 0 Å². The molecule has 2 unspecified atom stereocenters. The molecular weight excluding hydrogens is 242 g/mol. The molecule has 2 rings (SSSR count). The Kier molecular flexibility index (Phi) is 5.67. The second-order valence-corrected chi connectivity index (χ2v) is 6.09.